The molecule has 0 bridgehead atoms. The summed E-state index contributed by atoms with van der Waals surface area (Å²) in [5.41, 5.74) is 2.28. The molecule has 0 amide bonds. The van der Waals surface area contributed by atoms with Gasteiger partial charge in [-0.1, -0.05) is 39.2 Å². The number of hydrogen-bond acceptors (Lipinski definition) is 3. The lowest BCUT2D eigenvalue weighted by Crippen LogP contribution is -2.19. The first-order chi connectivity index (χ1) is 10.2. The van der Waals surface area contributed by atoms with Gasteiger partial charge in [0.15, 0.2) is 0 Å². The average Bonchev–Trinajstić information content (AvgIpc) is 2.50. The molecule has 1 aliphatic rings. The number of nitrogens with one attached hydrogen (secondary N) is 1. The van der Waals surface area contributed by atoms with Crippen molar-refractivity contribution in [2.45, 2.75) is 59.1 Å². The number of aromatic nitrogens is 1. The summed E-state index contributed by atoms with van der Waals surface area (Å²) in [6.45, 7) is 7.94. The van der Waals surface area contributed by atoms with Crippen LogP contribution in [0.3, 0.4) is 0 Å². The van der Waals surface area contributed by atoms with Gasteiger partial charge in [0.25, 0.3) is 0 Å². The van der Waals surface area contributed by atoms with E-state index in [4.69, 9.17) is 4.74 Å². The summed E-state index contributed by atoms with van der Waals surface area (Å²) in [6, 6.07) is 4.24. The van der Waals surface area contributed by atoms with Gasteiger partial charge in [-0.3, -0.25) is 4.98 Å². The molecule has 1 heterocycles. The molecule has 1 N–H and O–H groups in total. The molecule has 1 saturated carbocycles. The van der Waals surface area contributed by atoms with Crippen molar-refractivity contribution in [1.29, 1.82) is 0 Å². The Bertz CT molecular complexity index is 383. The quantitative estimate of drug-likeness (QED) is 0.788. The first-order valence-corrected chi connectivity index (χ1v) is 8.46. The van der Waals surface area contributed by atoms with Gasteiger partial charge in [-0.15, -0.1) is 0 Å². The maximum Gasteiger partial charge on any atom is 0.0887 e. The summed E-state index contributed by atoms with van der Waals surface area (Å²) in [6.07, 6.45) is 8.81. The minimum absolute atomic E-state index is 0.649. The predicted molar refractivity (Wildman–Crippen MR) is 87.0 cm³/mol. The Hall–Kier alpha value is -0.930. The van der Waals surface area contributed by atoms with Crippen molar-refractivity contribution in [3.05, 3.63) is 29.6 Å². The zero-order valence-corrected chi connectivity index (χ0v) is 13.6. The van der Waals surface area contributed by atoms with E-state index < -0.39 is 0 Å². The van der Waals surface area contributed by atoms with Gasteiger partial charge in [-0.05, 0) is 42.9 Å². The second kappa shape index (κ2) is 9.16. The van der Waals surface area contributed by atoms with Crippen molar-refractivity contribution in [3.8, 4) is 0 Å². The molecular formula is C18H30N2O. The number of nitrogens with zero attached hydrogens (tertiary/aromatic N) is 1. The van der Waals surface area contributed by atoms with Crippen LogP contribution in [0.1, 0.15) is 57.2 Å². The zero-order valence-electron chi connectivity index (χ0n) is 13.6. The van der Waals surface area contributed by atoms with Crippen LogP contribution in [0.2, 0.25) is 0 Å². The molecule has 0 aliphatic heterocycles. The fourth-order valence-corrected chi connectivity index (χ4v) is 2.83. The highest BCUT2D eigenvalue weighted by molar-refractivity contribution is 5.13. The lowest BCUT2D eigenvalue weighted by atomic mass is 9.90. The molecule has 1 aliphatic carbocycles. The van der Waals surface area contributed by atoms with Crippen LogP contribution in [0.25, 0.3) is 0 Å². The van der Waals surface area contributed by atoms with Crippen LogP contribution in [-0.2, 0) is 17.9 Å². The SMILES string of the molecule is CC(C)CNCc1ccc(COCC2CCCCC2)nc1. The molecule has 0 unspecified atom stereocenters. The van der Waals surface area contributed by atoms with Gasteiger partial charge in [0.05, 0.1) is 12.3 Å². The van der Waals surface area contributed by atoms with Gasteiger partial charge < -0.3 is 10.1 Å². The third kappa shape index (κ3) is 6.58. The first kappa shape index (κ1) is 16.4. The number of rotatable bonds is 8. The van der Waals surface area contributed by atoms with Gasteiger partial charge in [-0.25, -0.2) is 0 Å². The largest absolute Gasteiger partial charge is 0.375 e. The van der Waals surface area contributed by atoms with E-state index in [0.29, 0.717) is 12.5 Å². The third-order valence-electron chi connectivity index (χ3n) is 4.10. The standard InChI is InChI=1S/C18H30N2O/c1-15(2)10-19-11-17-8-9-18(20-12-17)14-21-13-16-6-4-3-5-7-16/h8-9,12,15-16,19H,3-7,10-11,13-14H2,1-2H3. The fraction of sp³-hybridized carbons (Fsp3) is 0.722. The Balaban J connectivity index is 1.64. The lowest BCUT2D eigenvalue weighted by Gasteiger charge is -2.21. The highest BCUT2D eigenvalue weighted by Crippen LogP contribution is 2.23. The summed E-state index contributed by atoms with van der Waals surface area (Å²) in [5, 5.41) is 3.44. The Morgan fingerprint density at radius 3 is 2.71 bits per heavy atom. The Morgan fingerprint density at radius 2 is 2.05 bits per heavy atom. The van der Waals surface area contributed by atoms with E-state index in [1.54, 1.807) is 0 Å². The van der Waals surface area contributed by atoms with Crippen molar-refractivity contribution in [1.82, 2.24) is 10.3 Å². The molecule has 0 aromatic carbocycles. The summed E-state index contributed by atoms with van der Waals surface area (Å²) < 4.78 is 5.83. The van der Waals surface area contributed by atoms with Crippen LogP contribution >= 0.6 is 0 Å². The molecule has 1 aromatic heterocycles. The van der Waals surface area contributed by atoms with Crippen LogP contribution < -0.4 is 5.32 Å². The third-order valence-corrected chi connectivity index (χ3v) is 4.10. The molecule has 3 heteroatoms. The summed E-state index contributed by atoms with van der Waals surface area (Å²) in [4.78, 5) is 4.49. The molecule has 1 fully saturated rings. The van der Waals surface area contributed by atoms with E-state index in [-0.39, 0.29) is 0 Å². The predicted octanol–water partition coefficient (Wildman–Crippen LogP) is 3.92. The van der Waals surface area contributed by atoms with E-state index in [1.165, 1.54) is 37.7 Å². The van der Waals surface area contributed by atoms with E-state index in [9.17, 15) is 0 Å². The van der Waals surface area contributed by atoms with Gasteiger partial charge >= 0.3 is 0 Å². The summed E-state index contributed by atoms with van der Waals surface area (Å²) in [7, 11) is 0. The Kier molecular flexibility index (Phi) is 7.17. The molecule has 0 saturated heterocycles. The minimum atomic E-state index is 0.649. The topological polar surface area (TPSA) is 34.1 Å². The highest BCUT2D eigenvalue weighted by atomic mass is 16.5. The van der Waals surface area contributed by atoms with Gasteiger partial charge in [0, 0.05) is 19.3 Å². The average molecular weight is 290 g/mol. The van der Waals surface area contributed by atoms with Crippen LogP contribution in [0.15, 0.2) is 18.3 Å². The second-order valence-electron chi connectivity index (χ2n) is 6.70. The minimum Gasteiger partial charge on any atom is -0.375 e. The fourth-order valence-electron chi connectivity index (χ4n) is 2.83. The molecule has 3 nitrogen and oxygen atoms in total. The molecule has 1 aromatic rings. The van der Waals surface area contributed by atoms with Crippen LogP contribution in [0.5, 0.6) is 0 Å². The van der Waals surface area contributed by atoms with Crippen molar-refractivity contribution in [2.75, 3.05) is 13.2 Å². The van der Waals surface area contributed by atoms with E-state index in [2.05, 4.69) is 36.3 Å². The maximum atomic E-state index is 5.83. The molecule has 2 rings (SSSR count). The molecular weight excluding hydrogens is 260 g/mol. The van der Waals surface area contributed by atoms with Gasteiger partial charge in [0.1, 0.15) is 0 Å². The number of pyridine rings is 1. The molecule has 0 atom stereocenters. The smallest absolute Gasteiger partial charge is 0.0887 e. The van der Waals surface area contributed by atoms with E-state index in [1.807, 2.05) is 6.20 Å². The normalized spacial score (nSPS) is 16.5. The molecule has 0 radical (unpaired) electrons. The Morgan fingerprint density at radius 1 is 1.24 bits per heavy atom. The molecule has 21 heavy (non-hydrogen) atoms. The lowest BCUT2D eigenvalue weighted by molar-refractivity contribution is 0.0720. The maximum absolute atomic E-state index is 5.83. The van der Waals surface area contributed by atoms with Crippen molar-refractivity contribution in [3.63, 3.8) is 0 Å². The number of hydrogen-bond donors (Lipinski definition) is 1. The van der Waals surface area contributed by atoms with Gasteiger partial charge in [0.2, 0.25) is 0 Å². The Labute approximate surface area is 129 Å². The number of ether oxygens (including phenoxy) is 1. The highest BCUT2D eigenvalue weighted by Gasteiger charge is 2.13. The van der Waals surface area contributed by atoms with Crippen molar-refractivity contribution < 1.29 is 4.74 Å². The molecule has 118 valence electrons. The van der Waals surface area contributed by atoms with E-state index in [0.717, 1.165) is 31.3 Å². The van der Waals surface area contributed by atoms with Crippen LogP contribution in [0.4, 0.5) is 0 Å². The monoisotopic (exact) mass is 290 g/mol. The first-order valence-electron chi connectivity index (χ1n) is 8.46. The summed E-state index contributed by atoms with van der Waals surface area (Å²) in [5.74, 6) is 1.46. The van der Waals surface area contributed by atoms with Crippen molar-refractivity contribution >= 4 is 0 Å². The van der Waals surface area contributed by atoms with Crippen LogP contribution in [-0.4, -0.2) is 18.1 Å². The van der Waals surface area contributed by atoms with Crippen molar-refractivity contribution in [2.24, 2.45) is 11.8 Å². The van der Waals surface area contributed by atoms with Crippen LogP contribution in [0, 0.1) is 11.8 Å². The summed E-state index contributed by atoms with van der Waals surface area (Å²) >= 11 is 0. The van der Waals surface area contributed by atoms with Gasteiger partial charge in [-0.2, -0.15) is 0 Å². The second-order valence-corrected chi connectivity index (χ2v) is 6.70. The van der Waals surface area contributed by atoms with E-state index >= 15 is 0 Å². The zero-order chi connectivity index (χ0) is 14.9. The molecule has 0 spiro atoms.